The molecule has 10 nitrogen and oxygen atoms in total. The van der Waals surface area contributed by atoms with Crippen molar-refractivity contribution in [2.24, 2.45) is 0 Å². The molecule has 10 heteroatoms. The van der Waals surface area contributed by atoms with Gasteiger partial charge in [-0.25, -0.2) is 29.9 Å². The predicted molar refractivity (Wildman–Crippen MR) is 266 cm³/mol. The van der Waals surface area contributed by atoms with E-state index < -0.39 is 0 Å². The number of pyridine rings is 4. The number of fused-ring (bicyclic) bond motifs is 14. The van der Waals surface area contributed by atoms with Crippen LogP contribution in [0.4, 0.5) is 0 Å². The van der Waals surface area contributed by atoms with Crippen molar-refractivity contribution in [3.8, 4) is 23.0 Å². The molecule has 15 rings (SSSR count). The van der Waals surface area contributed by atoms with E-state index in [2.05, 4.69) is 164 Å². The van der Waals surface area contributed by atoms with Crippen molar-refractivity contribution in [1.29, 1.82) is 0 Å². The third-order valence-corrected chi connectivity index (χ3v) is 13.3. The van der Waals surface area contributed by atoms with Crippen LogP contribution in [0.15, 0.2) is 195 Å². The fourth-order valence-corrected chi connectivity index (χ4v) is 10.6. The molecule has 0 aliphatic rings. The zero-order valence-electron chi connectivity index (χ0n) is 34.9. The Bertz CT molecular complexity index is 4390. The first-order valence-corrected chi connectivity index (χ1v) is 22.0. The van der Waals surface area contributed by atoms with Gasteiger partial charge in [0.25, 0.3) is 0 Å². The molecule has 66 heavy (non-hydrogen) atoms. The fraction of sp³-hybridized carbons (Fsp3) is 0. The summed E-state index contributed by atoms with van der Waals surface area (Å²) in [5.74, 6) is 0.504. The number of hydrogen-bond donors (Lipinski definition) is 0. The number of hydrogen-bond acceptors (Lipinski definition) is 6. The standard InChI is InChI=1S/C56H32N10/c1-6-22-43-33(14-1)30-42-38-18-5-10-26-47(38)66(55(42)61-43)56-60-32-34-31-48(63-44-23-7-2-15-35(44)39-19-11-27-57-52(39)63)50(64-45-24-8-3-16-36(45)40-20-12-28-58-53(40)64)51(49(34)62-56)65-46-25-9-4-17-37(46)41-21-13-29-59-54(41)65/h1-32H. The van der Waals surface area contributed by atoms with Crippen LogP contribution in [0, 0.1) is 0 Å². The van der Waals surface area contributed by atoms with Gasteiger partial charge in [-0.2, -0.15) is 0 Å². The van der Waals surface area contributed by atoms with Gasteiger partial charge in [0.05, 0.1) is 39.0 Å². The van der Waals surface area contributed by atoms with Crippen molar-refractivity contribution >= 4 is 110 Å². The summed E-state index contributed by atoms with van der Waals surface area (Å²) >= 11 is 0. The first-order valence-electron chi connectivity index (χ1n) is 22.0. The Balaban J connectivity index is 1.20. The topological polar surface area (TPSA) is 97.1 Å². The second-order valence-corrected chi connectivity index (χ2v) is 16.8. The van der Waals surface area contributed by atoms with Gasteiger partial charge in [0, 0.05) is 78.6 Å². The lowest BCUT2D eigenvalue weighted by atomic mass is 10.1. The van der Waals surface area contributed by atoms with Crippen molar-refractivity contribution in [3.63, 3.8) is 0 Å². The third-order valence-electron chi connectivity index (χ3n) is 13.3. The van der Waals surface area contributed by atoms with Crippen molar-refractivity contribution in [1.82, 2.24) is 48.2 Å². The molecule has 0 saturated carbocycles. The highest BCUT2D eigenvalue weighted by atomic mass is 15.2. The Morgan fingerprint density at radius 1 is 0.318 bits per heavy atom. The predicted octanol–water partition coefficient (Wildman–Crippen LogP) is 12.8. The van der Waals surface area contributed by atoms with Crippen molar-refractivity contribution in [3.05, 3.63) is 195 Å². The van der Waals surface area contributed by atoms with Crippen LogP contribution < -0.4 is 0 Å². The molecule has 0 spiro atoms. The zero-order valence-corrected chi connectivity index (χ0v) is 34.9. The van der Waals surface area contributed by atoms with Gasteiger partial charge < -0.3 is 0 Å². The minimum absolute atomic E-state index is 0.504. The zero-order chi connectivity index (χ0) is 43.0. The van der Waals surface area contributed by atoms with E-state index in [1.807, 2.05) is 49.1 Å². The van der Waals surface area contributed by atoms with Crippen LogP contribution in [0.5, 0.6) is 0 Å². The highest BCUT2D eigenvalue weighted by Crippen LogP contribution is 2.45. The molecule has 0 aliphatic carbocycles. The largest absolute Gasteiger partial charge is 0.292 e. The van der Waals surface area contributed by atoms with Gasteiger partial charge >= 0.3 is 0 Å². The summed E-state index contributed by atoms with van der Waals surface area (Å²) in [5.41, 5.74) is 11.4. The van der Waals surface area contributed by atoms with Crippen molar-refractivity contribution < 1.29 is 0 Å². The first kappa shape index (κ1) is 35.2. The highest BCUT2D eigenvalue weighted by Gasteiger charge is 2.29. The van der Waals surface area contributed by atoms with E-state index in [1.54, 1.807) is 0 Å². The van der Waals surface area contributed by atoms with Gasteiger partial charge in [0.2, 0.25) is 5.95 Å². The van der Waals surface area contributed by atoms with E-state index in [4.69, 9.17) is 29.9 Å². The Hall–Kier alpha value is -9.28. The van der Waals surface area contributed by atoms with Crippen LogP contribution >= 0.6 is 0 Å². The molecule has 0 N–H and O–H groups in total. The van der Waals surface area contributed by atoms with Crippen LogP contribution in [0.3, 0.4) is 0 Å². The lowest BCUT2D eigenvalue weighted by Gasteiger charge is -2.23. The Morgan fingerprint density at radius 3 is 1.39 bits per heavy atom. The number of para-hydroxylation sites is 5. The lowest BCUT2D eigenvalue weighted by molar-refractivity contribution is 0.984. The summed E-state index contributed by atoms with van der Waals surface area (Å²) in [4.78, 5) is 31.8. The van der Waals surface area contributed by atoms with Crippen LogP contribution in [-0.4, -0.2) is 48.2 Å². The summed E-state index contributed by atoms with van der Waals surface area (Å²) in [5, 5.41) is 10.4. The van der Waals surface area contributed by atoms with E-state index >= 15 is 0 Å². The number of rotatable bonds is 4. The molecule has 9 aromatic heterocycles. The molecular formula is C56H32N10. The number of benzene rings is 6. The monoisotopic (exact) mass is 844 g/mol. The molecule has 0 bridgehead atoms. The minimum Gasteiger partial charge on any atom is -0.292 e. The molecular weight excluding hydrogens is 813 g/mol. The number of aromatic nitrogens is 10. The van der Waals surface area contributed by atoms with Crippen molar-refractivity contribution in [2.75, 3.05) is 0 Å². The fourth-order valence-electron chi connectivity index (χ4n) is 10.6. The lowest BCUT2D eigenvalue weighted by Crippen LogP contribution is -2.12. The maximum Gasteiger partial charge on any atom is 0.236 e. The van der Waals surface area contributed by atoms with Gasteiger partial charge in [-0.1, -0.05) is 91.0 Å². The Kier molecular flexibility index (Phi) is 7.01. The van der Waals surface area contributed by atoms with Gasteiger partial charge in [-0.3, -0.25) is 18.3 Å². The smallest absolute Gasteiger partial charge is 0.236 e. The average Bonchev–Trinajstić information content (AvgIpc) is 4.10. The second kappa shape index (κ2) is 13.1. The molecule has 306 valence electrons. The Morgan fingerprint density at radius 2 is 0.788 bits per heavy atom. The van der Waals surface area contributed by atoms with Crippen LogP contribution in [0.1, 0.15) is 0 Å². The molecule has 0 unspecified atom stereocenters. The van der Waals surface area contributed by atoms with Gasteiger partial charge in [-0.05, 0) is 78.9 Å². The highest BCUT2D eigenvalue weighted by molar-refractivity contribution is 6.15. The molecule has 0 aliphatic heterocycles. The molecule has 0 fully saturated rings. The maximum absolute atomic E-state index is 5.75. The van der Waals surface area contributed by atoms with E-state index in [-0.39, 0.29) is 0 Å². The van der Waals surface area contributed by atoms with Gasteiger partial charge in [0.1, 0.15) is 33.8 Å². The van der Waals surface area contributed by atoms with E-state index in [1.165, 1.54) is 0 Å². The van der Waals surface area contributed by atoms with Crippen LogP contribution in [-0.2, 0) is 0 Å². The van der Waals surface area contributed by atoms with Gasteiger partial charge in [-0.15, -0.1) is 0 Å². The number of nitrogens with zero attached hydrogens (tertiary/aromatic N) is 10. The molecule has 0 saturated heterocycles. The average molecular weight is 845 g/mol. The molecule has 0 amide bonds. The van der Waals surface area contributed by atoms with E-state index in [9.17, 15) is 0 Å². The molecule has 9 heterocycles. The van der Waals surface area contributed by atoms with Gasteiger partial charge in [0.15, 0.2) is 0 Å². The van der Waals surface area contributed by atoms with Crippen LogP contribution in [0.25, 0.3) is 133 Å². The molecule has 6 aromatic carbocycles. The SMILES string of the molecule is c1ccc2nc3c(cc2c1)c1ccccc1n3-c1ncc2cc(-n3c4ccccc4c4cccnc43)c(-n3c4ccccc4c4cccnc43)c(-n3c4ccccc4c4cccnc43)c2n1. The summed E-state index contributed by atoms with van der Waals surface area (Å²) in [7, 11) is 0. The first-order chi connectivity index (χ1) is 32.8. The molecule has 0 atom stereocenters. The minimum atomic E-state index is 0.504. The third kappa shape index (κ3) is 4.68. The second-order valence-electron chi connectivity index (χ2n) is 16.8. The Labute approximate surface area is 373 Å². The summed E-state index contributed by atoms with van der Waals surface area (Å²) in [6.45, 7) is 0. The quantitative estimate of drug-likeness (QED) is 0.175. The van der Waals surface area contributed by atoms with Crippen molar-refractivity contribution in [2.45, 2.75) is 0 Å². The maximum atomic E-state index is 5.75. The summed E-state index contributed by atoms with van der Waals surface area (Å²) in [6.07, 6.45) is 7.58. The van der Waals surface area contributed by atoms with Crippen LogP contribution in [0.2, 0.25) is 0 Å². The normalized spacial score (nSPS) is 12.2. The molecule has 15 aromatic rings. The molecule has 0 radical (unpaired) electrons. The van der Waals surface area contributed by atoms with E-state index in [0.717, 1.165) is 127 Å². The summed E-state index contributed by atoms with van der Waals surface area (Å²) < 4.78 is 9.02. The summed E-state index contributed by atoms with van der Waals surface area (Å²) in [6, 6.07) is 59.2. The van der Waals surface area contributed by atoms with E-state index in [0.29, 0.717) is 5.95 Å².